The Morgan fingerprint density at radius 2 is 1.89 bits per heavy atom. The summed E-state index contributed by atoms with van der Waals surface area (Å²) < 4.78 is 7.77. The molecule has 7 heteroatoms. The number of hydrogen-bond acceptors (Lipinski definition) is 4. The highest BCUT2D eigenvalue weighted by Gasteiger charge is 2.49. The zero-order chi connectivity index (χ0) is 25.3. The molecule has 1 aromatic heterocycles. The van der Waals surface area contributed by atoms with Gasteiger partial charge in [-0.1, -0.05) is 35.9 Å². The highest BCUT2D eigenvalue weighted by molar-refractivity contribution is 6.35. The van der Waals surface area contributed by atoms with Crippen LogP contribution in [0, 0.1) is 18.3 Å². The number of fused-ring (bicyclic) bond motifs is 8. The Bertz CT molecular complexity index is 1630. The molecule has 0 saturated heterocycles. The molecule has 4 aromatic rings. The van der Waals surface area contributed by atoms with Gasteiger partial charge in [-0.25, -0.2) is 4.98 Å². The second-order valence-electron chi connectivity index (χ2n) is 9.41. The number of nitriles is 1. The average Bonchev–Trinajstić information content (AvgIpc) is 3.41. The number of imidazole rings is 1. The van der Waals surface area contributed by atoms with Crippen molar-refractivity contribution in [2.45, 2.75) is 32.9 Å². The fraction of sp³-hybridized carbons (Fsp3) is 0.207. The topological polar surface area (TPSA) is 71.2 Å². The molecule has 1 atom stereocenters. The van der Waals surface area contributed by atoms with E-state index < -0.39 is 6.04 Å². The lowest BCUT2D eigenvalue weighted by Crippen LogP contribution is -2.34. The average molecular weight is 495 g/mol. The minimum atomic E-state index is -0.390. The van der Waals surface area contributed by atoms with E-state index in [0.29, 0.717) is 27.9 Å². The van der Waals surface area contributed by atoms with Crippen LogP contribution in [-0.2, 0) is 0 Å². The number of carbonyl (C=O) groups excluding carboxylic acids is 1. The second-order valence-corrected chi connectivity index (χ2v) is 9.82. The lowest BCUT2D eigenvalue weighted by Gasteiger charge is -2.36. The Morgan fingerprint density at radius 1 is 1.11 bits per heavy atom. The third kappa shape index (κ3) is 2.90. The van der Waals surface area contributed by atoms with Gasteiger partial charge in [-0.15, -0.1) is 0 Å². The first-order valence-electron chi connectivity index (χ1n) is 11.8. The zero-order valence-electron chi connectivity index (χ0n) is 20.3. The summed E-state index contributed by atoms with van der Waals surface area (Å²) in [5.74, 6) is 1.24. The Balaban J connectivity index is 1.69. The quantitative estimate of drug-likeness (QED) is 0.317. The van der Waals surface area contributed by atoms with Gasteiger partial charge in [0.05, 0.1) is 40.7 Å². The van der Waals surface area contributed by atoms with Crippen molar-refractivity contribution in [1.82, 2.24) is 9.55 Å². The molecule has 36 heavy (non-hydrogen) atoms. The van der Waals surface area contributed by atoms with Crippen molar-refractivity contribution in [2.24, 2.45) is 0 Å². The lowest BCUT2D eigenvalue weighted by molar-refractivity contribution is 0.0989. The molecule has 1 amide bonds. The summed E-state index contributed by atoms with van der Waals surface area (Å²) in [5, 5.41) is 10.2. The van der Waals surface area contributed by atoms with Gasteiger partial charge in [0.15, 0.2) is 5.69 Å². The molecule has 0 N–H and O–H groups in total. The van der Waals surface area contributed by atoms with Crippen LogP contribution < -0.4 is 9.64 Å². The molecule has 2 aliphatic heterocycles. The highest BCUT2D eigenvalue weighted by Crippen LogP contribution is 2.55. The lowest BCUT2D eigenvalue weighted by atomic mass is 9.85. The predicted molar refractivity (Wildman–Crippen MR) is 140 cm³/mol. The molecule has 6 rings (SSSR count). The predicted octanol–water partition coefficient (Wildman–Crippen LogP) is 6.70. The molecule has 0 spiro atoms. The number of aryl methyl sites for hydroxylation is 1. The van der Waals surface area contributed by atoms with Gasteiger partial charge in [-0.05, 0) is 67.8 Å². The Hall–Kier alpha value is -4.08. The van der Waals surface area contributed by atoms with Crippen LogP contribution in [0.5, 0.6) is 5.75 Å². The number of amides is 1. The highest BCUT2D eigenvalue weighted by atomic mass is 35.5. The van der Waals surface area contributed by atoms with Gasteiger partial charge in [0.25, 0.3) is 5.91 Å². The van der Waals surface area contributed by atoms with Crippen LogP contribution in [0.3, 0.4) is 0 Å². The summed E-state index contributed by atoms with van der Waals surface area (Å²) >= 11 is 6.73. The maximum atomic E-state index is 14.1. The van der Waals surface area contributed by atoms with E-state index in [1.54, 1.807) is 13.2 Å². The van der Waals surface area contributed by atoms with Crippen molar-refractivity contribution in [3.8, 4) is 34.3 Å². The summed E-state index contributed by atoms with van der Waals surface area (Å²) in [7, 11) is 1.63. The number of methoxy groups -OCH3 is 1. The van der Waals surface area contributed by atoms with Crippen LogP contribution in [0.25, 0.3) is 22.5 Å². The molecule has 0 bridgehead atoms. The summed E-state index contributed by atoms with van der Waals surface area (Å²) in [6.45, 7) is 6.16. The number of aromatic nitrogens is 2. The van der Waals surface area contributed by atoms with Crippen molar-refractivity contribution >= 4 is 23.2 Å². The van der Waals surface area contributed by atoms with E-state index in [0.717, 1.165) is 39.2 Å². The molecule has 6 nitrogen and oxygen atoms in total. The third-order valence-electron chi connectivity index (χ3n) is 7.07. The molecule has 3 aromatic carbocycles. The fourth-order valence-corrected chi connectivity index (χ4v) is 5.85. The number of rotatable bonds is 3. The fourth-order valence-electron chi connectivity index (χ4n) is 5.59. The third-order valence-corrected chi connectivity index (χ3v) is 7.38. The first-order chi connectivity index (χ1) is 17.4. The molecule has 2 aliphatic rings. The van der Waals surface area contributed by atoms with Crippen LogP contribution in [0.4, 0.5) is 5.69 Å². The number of nitrogens with zero attached hydrogens (tertiary/aromatic N) is 4. The monoisotopic (exact) mass is 494 g/mol. The largest absolute Gasteiger partial charge is 0.496 e. The molecule has 3 heterocycles. The number of hydrogen-bond donors (Lipinski definition) is 0. The Morgan fingerprint density at radius 3 is 2.61 bits per heavy atom. The number of benzene rings is 3. The van der Waals surface area contributed by atoms with E-state index in [4.69, 9.17) is 21.3 Å². The van der Waals surface area contributed by atoms with E-state index >= 15 is 0 Å². The molecule has 0 fully saturated rings. The second kappa shape index (κ2) is 7.97. The molecular weight excluding hydrogens is 472 g/mol. The van der Waals surface area contributed by atoms with Gasteiger partial charge in [-0.3, -0.25) is 9.69 Å². The normalized spacial score (nSPS) is 15.3. The van der Waals surface area contributed by atoms with Crippen molar-refractivity contribution in [3.63, 3.8) is 0 Å². The number of carbonyl (C=O) groups is 1. The van der Waals surface area contributed by atoms with Crippen molar-refractivity contribution in [3.05, 3.63) is 87.7 Å². The van der Waals surface area contributed by atoms with Crippen LogP contribution in [0.1, 0.15) is 58.8 Å². The minimum absolute atomic E-state index is 0.0256. The maximum Gasteiger partial charge on any atom is 0.279 e. The van der Waals surface area contributed by atoms with Gasteiger partial charge in [-0.2, -0.15) is 5.26 Å². The number of ether oxygens (including phenoxy) is 1. The molecule has 0 aliphatic carbocycles. The molecule has 178 valence electrons. The van der Waals surface area contributed by atoms with Gasteiger partial charge in [0.2, 0.25) is 0 Å². The van der Waals surface area contributed by atoms with E-state index in [1.807, 2.05) is 60.4 Å². The number of anilines is 1. The van der Waals surface area contributed by atoms with E-state index in [2.05, 4.69) is 24.5 Å². The molecule has 0 radical (unpaired) electrons. The smallest absolute Gasteiger partial charge is 0.279 e. The van der Waals surface area contributed by atoms with Crippen LogP contribution in [-0.4, -0.2) is 22.6 Å². The Kier molecular flexibility index (Phi) is 4.96. The minimum Gasteiger partial charge on any atom is -0.496 e. The van der Waals surface area contributed by atoms with Crippen LogP contribution in [0.2, 0.25) is 5.02 Å². The Labute approximate surface area is 214 Å². The summed E-state index contributed by atoms with van der Waals surface area (Å²) in [6, 6.07) is 19.0. The molecule has 0 saturated carbocycles. The van der Waals surface area contributed by atoms with Gasteiger partial charge in [0, 0.05) is 11.6 Å². The summed E-state index contributed by atoms with van der Waals surface area (Å²) in [6.07, 6.45) is 0. The maximum absolute atomic E-state index is 14.1. The van der Waals surface area contributed by atoms with Crippen molar-refractivity contribution in [1.29, 1.82) is 5.26 Å². The summed E-state index contributed by atoms with van der Waals surface area (Å²) in [4.78, 5) is 20.8. The zero-order valence-corrected chi connectivity index (χ0v) is 21.1. The van der Waals surface area contributed by atoms with Crippen LogP contribution in [0.15, 0.2) is 54.6 Å². The SMILES string of the molecule is COc1ccccc1-c1nc2c(n1C(C)C)C1c3ccc(C#N)cc3-c3c(Cl)ccc(C)c3N1C2=O. The number of halogens is 1. The van der Waals surface area contributed by atoms with Gasteiger partial charge >= 0.3 is 0 Å². The van der Waals surface area contributed by atoms with Gasteiger partial charge < -0.3 is 9.30 Å². The first-order valence-corrected chi connectivity index (χ1v) is 12.2. The van der Waals surface area contributed by atoms with E-state index in [9.17, 15) is 10.1 Å². The molecule has 1 unspecified atom stereocenters. The van der Waals surface area contributed by atoms with Crippen molar-refractivity contribution in [2.75, 3.05) is 12.0 Å². The van der Waals surface area contributed by atoms with E-state index in [1.165, 1.54) is 0 Å². The molecular formula is C29H23ClN4O2. The van der Waals surface area contributed by atoms with Crippen molar-refractivity contribution < 1.29 is 9.53 Å². The summed E-state index contributed by atoms with van der Waals surface area (Å²) in [5.41, 5.74) is 6.92. The standard InChI is InChI=1S/C29H23ClN4O2/c1-15(2)33-27-24(32-28(33)19-7-5-6-8-22(19)36-4)29(35)34-25-16(3)9-12-21(30)23(25)20-13-17(14-31)10-11-18(20)26(27)34/h5-13,15,26H,1-4H3. The van der Waals surface area contributed by atoms with Crippen LogP contribution >= 0.6 is 11.6 Å². The van der Waals surface area contributed by atoms with E-state index in [-0.39, 0.29) is 11.9 Å². The van der Waals surface area contributed by atoms with Gasteiger partial charge in [0.1, 0.15) is 17.6 Å². The first kappa shape index (κ1) is 22.4. The number of para-hydroxylation sites is 1.